The van der Waals surface area contributed by atoms with Crippen molar-refractivity contribution in [1.82, 2.24) is 0 Å². The van der Waals surface area contributed by atoms with Crippen LogP contribution >= 0.6 is 0 Å². The Bertz CT molecular complexity index is 628. The highest BCUT2D eigenvalue weighted by Crippen LogP contribution is 2.13. The number of hydrogen-bond donors (Lipinski definition) is 1. The highest BCUT2D eigenvalue weighted by Gasteiger charge is 2.17. The molecule has 0 aliphatic rings. The quantitative estimate of drug-likeness (QED) is 0.674. The maximum absolute atomic E-state index is 11.3. The molecule has 0 aliphatic carbocycles. The van der Waals surface area contributed by atoms with Crippen LogP contribution in [0.3, 0.4) is 0 Å². The zero-order valence-electron chi connectivity index (χ0n) is 11.4. The van der Waals surface area contributed by atoms with Crippen molar-refractivity contribution in [2.45, 2.75) is 12.5 Å². The van der Waals surface area contributed by atoms with Gasteiger partial charge in [0.1, 0.15) is 0 Å². The van der Waals surface area contributed by atoms with E-state index in [9.17, 15) is 9.90 Å². The molecule has 1 atom stereocenters. The van der Waals surface area contributed by atoms with E-state index in [0.717, 1.165) is 11.1 Å². The van der Waals surface area contributed by atoms with Crippen molar-refractivity contribution in [3.8, 4) is 12.3 Å². The first-order valence-electron chi connectivity index (χ1n) is 6.57. The van der Waals surface area contributed by atoms with Gasteiger partial charge in [-0.15, -0.1) is 12.3 Å². The van der Waals surface area contributed by atoms with Gasteiger partial charge in [-0.2, -0.15) is 0 Å². The normalized spacial score (nSPS) is 11.2. The van der Waals surface area contributed by atoms with Crippen molar-refractivity contribution < 1.29 is 9.90 Å². The van der Waals surface area contributed by atoms with Crippen molar-refractivity contribution in [1.29, 1.82) is 0 Å². The molecular formula is C18H15NO2. The Morgan fingerprint density at radius 2 is 1.52 bits per heavy atom. The molecule has 0 aliphatic heterocycles. The van der Waals surface area contributed by atoms with E-state index in [1.165, 1.54) is 0 Å². The van der Waals surface area contributed by atoms with Crippen LogP contribution in [0, 0.1) is 12.3 Å². The molecule has 0 heterocycles. The summed E-state index contributed by atoms with van der Waals surface area (Å²) in [6.07, 6.45) is 5.31. The largest absolute Gasteiger partial charge is 0.480 e. The van der Waals surface area contributed by atoms with Crippen LogP contribution in [0.4, 0.5) is 0 Å². The minimum absolute atomic E-state index is 0.0680. The van der Waals surface area contributed by atoms with Gasteiger partial charge in [0, 0.05) is 17.5 Å². The van der Waals surface area contributed by atoms with Crippen LogP contribution in [0.15, 0.2) is 65.7 Å². The van der Waals surface area contributed by atoms with Gasteiger partial charge in [0.15, 0.2) is 6.04 Å². The fraction of sp³-hybridized carbons (Fsp3) is 0.111. The van der Waals surface area contributed by atoms with Crippen LogP contribution in [0.2, 0.25) is 0 Å². The highest BCUT2D eigenvalue weighted by molar-refractivity contribution is 6.13. The molecule has 0 bridgehead atoms. The van der Waals surface area contributed by atoms with Gasteiger partial charge in [-0.05, 0) is 0 Å². The summed E-state index contributed by atoms with van der Waals surface area (Å²) < 4.78 is 0. The molecule has 0 saturated heterocycles. The monoisotopic (exact) mass is 277 g/mol. The van der Waals surface area contributed by atoms with E-state index in [1.807, 2.05) is 60.7 Å². The van der Waals surface area contributed by atoms with E-state index in [-0.39, 0.29) is 6.42 Å². The average Bonchev–Trinajstić information content (AvgIpc) is 2.53. The molecular weight excluding hydrogens is 262 g/mol. The molecule has 3 heteroatoms. The van der Waals surface area contributed by atoms with E-state index >= 15 is 0 Å². The molecule has 21 heavy (non-hydrogen) atoms. The van der Waals surface area contributed by atoms with Gasteiger partial charge >= 0.3 is 5.97 Å². The molecule has 0 fully saturated rings. The van der Waals surface area contributed by atoms with Crippen molar-refractivity contribution in [3.05, 3.63) is 71.8 Å². The molecule has 2 aromatic carbocycles. The fourth-order valence-corrected chi connectivity index (χ4v) is 1.96. The number of aliphatic carboxylic acids is 1. The second kappa shape index (κ2) is 7.06. The topological polar surface area (TPSA) is 49.7 Å². The number of nitrogens with zero attached hydrogens (tertiary/aromatic N) is 1. The number of carbonyl (C=O) groups is 1. The Balaban J connectivity index is 2.51. The molecule has 0 radical (unpaired) electrons. The molecule has 3 nitrogen and oxygen atoms in total. The number of benzene rings is 2. The number of carboxylic acids is 1. The summed E-state index contributed by atoms with van der Waals surface area (Å²) in [5, 5.41) is 9.24. The second-order valence-electron chi connectivity index (χ2n) is 4.47. The predicted octanol–water partition coefficient (Wildman–Crippen LogP) is 3.00. The van der Waals surface area contributed by atoms with Crippen LogP contribution < -0.4 is 0 Å². The number of carboxylic acid groups (broad SMARTS) is 1. The lowest BCUT2D eigenvalue weighted by atomic mass is 10.0. The molecule has 2 rings (SSSR count). The van der Waals surface area contributed by atoms with Crippen LogP contribution in [0.1, 0.15) is 17.5 Å². The lowest BCUT2D eigenvalue weighted by Gasteiger charge is -2.11. The standard InChI is InChI=1S/C18H15NO2/c1-2-9-16(18(20)21)19-17(14-10-5-3-6-11-14)15-12-7-4-8-13-15/h1,3-8,10-13,16H,9H2,(H,20,21)/t16-/m0/s1. The third-order valence-corrected chi connectivity index (χ3v) is 2.98. The molecule has 0 unspecified atom stereocenters. The van der Waals surface area contributed by atoms with Crippen LogP contribution in [0.25, 0.3) is 0 Å². The summed E-state index contributed by atoms with van der Waals surface area (Å²) >= 11 is 0. The molecule has 1 N–H and O–H groups in total. The minimum Gasteiger partial charge on any atom is -0.480 e. The first-order valence-corrected chi connectivity index (χ1v) is 6.57. The van der Waals surface area contributed by atoms with Crippen molar-refractivity contribution in [2.75, 3.05) is 0 Å². The summed E-state index contributed by atoms with van der Waals surface area (Å²) in [6, 6.07) is 18.1. The smallest absolute Gasteiger partial charge is 0.329 e. The van der Waals surface area contributed by atoms with E-state index in [2.05, 4.69) is 10.9 Å². The Morgan fingerprint density at radius 3 is 1.90 bits per heavy atom. The SMILES string of the molecule is C#CC[C@H](N=C(c1ccccc1)c1ccccc1)C(=O)O. The van der Waals surface area contributed by atoms with Crippen molar-refractivity contribution in [3.63, 3.8) is 0 Å². The molecule has 2 aromatic rings. The van der Waals surface area contributed by atoms with Crippen LogP contribution in [-0.4, -0.2) is 22.8 Å². The maximum Gasteiger partial charge on any atom is 0.329 e. The van der Waals surface area contributed by atoms with E-state index in [0.29, 0.717) is 5.71 Å². The average molecular weight is 277 g/mol. The Kier molecular flexibility index (Phi) is 4.89. The summed E-state index contributed by atoms with van der Waals surface area (Å²) in [4.78, 5) is 15.7. The van der Waals surface area contributed by atoms with Crippen molar-refractivity contribution in [2.24, 2.45) is 4.99 Å². The predicted molar refractivity (Wildman–Crippen MR) is 83.4 cm³/mol. The Labute approximate surface area is 124 Å². The van der Waals surface area contributed by atoms with Gasteiger partial charge in [-0.3, -0.25) is 4.99 Å². The summed E-state index contributed by atoms with van der Waals surface area (Å²) in [5.74, 6) is 1.35. The van der Waals surface area contributed by atoms with Gasteiger partial charge in [0.25, 0.3) is 0 Å². The lowest BCUT2D eigenvalue weighted by Crippen LogP contribution is -2.20. The number of rotatable bonds is 5. The summed E-state index contributed by atoms with van der Waals surface area (Å²) in [7, 11) is 0. The van der Waals surface area contributed by atoms with E-state index in [4.69, 9.17) is 6.42 Å². The first-order chi connectivity index (χ1) is 10.2. The van der Waals surface area contributed by atoms with Gasteiger partial charge in [-0.1, -0.05) is 60.7 Å². The second-order valence-corrected chi connectivity index (χ2v) is 4.47. The minimum atomic E-state index is -1.02. The number of aliphatic imine (C=N–C) groups is 1. The molecule has 0 amide bonds. The van der Waals surface area contributed by atoms with Gasteiger partial charge in [0.05, 0.1) is 5.71 Å². The Hall–Kier alpha value is -2.86. The summed E-state index contributed by atoms with van der Waals surface area (Å²) in [6.45, 7) is 0. The van der Waals surface area contributed by atoms with Crippen LogP contribution in [0.5, 0.6) is 0 Å². The molecule has 0 saturated carbocycles. The maximum atomic E-state index is 11.3. The molecule has 0 spiro atoms. The van der Waals surface area contributed by atoms with Gasteiger partial charge in [-0.25, -0.2) is 4.79 Å². The van der Waals surface area contributed by atoms with E-state index < -0.39 is 12.0 Å². The zero-order chi connectivity index (χ0) is 15.1. The third-order valence-electron chi connectivity index (χ3n) is 2.98. The highest BCUT2D eigenvalue weighted by atomic mass is 16.4. The zero-order valence-corrected chi connectivity index (χ0v) is 11.4. The number of hydrogen-bond acceptors (Lipinski definition) is 2. The van der Waals surface area contributed by atoms with Crippen LogP contribution in [-0.2, 0) is 4.79 Å². The van der Waals surface area contributed by atoms with Gasteiger partial charge < -0.3 is 5.11 Å². The molecule has 0 aromatic heterocycles. The third kappa shape index (κ3) is 3.80. The fourth-order valence-electron chi connectivity index (χ4n) is 1.96. The molecule has 104 valence electrons. The lowest BCUT2D eigenvalue weighted by molar-refractivity contribution is -0.138. The number of terminal acetylenes is 1. The Morgan fingerprint density at radius 1 is 1.05 bits per heavy atom. The summed E-state index contributed by atoms with van der Waals surface area (Å²) in [5.41, 5.74) is 2.37. The van der Waals surface area contributed by atoms with Gasteiger partial charge in [0.2, 0.25) is 0 Å². The van der Waals surface area contributed by atoms with Crippen molar-refractivity contribution >= 4 is 11.7 Å². The van der Waals surface area contributed by atoms with E-state index in [1.54, 1.807) is 0 Å². The first kappa shape index (κ1) is 14.5.